The molecule has 0 aromatic rings. The standard InChI is InChI=1S/C8H15BrNO/c1-2-8(9)7-10-3-5-11-6-4-10/h7-8H,2-6H2,1H3/q+1. The first-order valence-corrected chi connectivity index (χ1v) is 5.05. The van der Waals surface area contributed by atoms with Gasteiger partial charge in [-0.15, -0.1) is 0 Å². The molecule has 1 heterocycles. The van der Waals surface area contributed by atoms with Crippen LogP contribution in [0.5, 0.6) is 0 Å². The molecular weight excluding hydrogens is 206 g/mol. The molecule has 0 aromatic heterocycles. The minimum absolute atomic E-state index is 0.528. The van der Waals surface area contributed by atoms with E-state index >= 15 is 0 Å². The Kier molecular flexibility index (Phi) is 4.08. The number of nitrogens with zero attached hydrogens (tertiary/aromatic N) is 1. The molecular formula is C8H15BrNO+. The molecule has 11 heavy (non-hydrogen) atoms. The summed E-state index contributed by atoms with van der Waals surface area (Å²) in [7, 11) is 0. The highest BCUT2D eigenvalue weighted by atomic mass is 79.9. The Morgan fingerprint density at radius 1 is 1.55 bits per heavy atom. The average molecular weight is 221 g/mol. The topological polar surface area (TPSA) is 12.2 Å². The van der Waals surface area contributed by atoms with Gasteiger partial charge in [-0.1, -0.05) is 22.9 Å². The van der Waals surface area contributed by atoms with E-state index in [1.807, 2.05) is 0 Å². The summed E-state index contributed by atoms with van der Waals surface area (Å²) in [4.78, 5) is 0.528. The molecule has 0 bridgehead atoms. The van der Waals surface area contributed by atoms with Gasteiger partial charge in [0.15, 0.2) is 19.3 Å². The van der Waals surface area contributed by atoms with Gasteiger partial charge >= 0.3 is 0 Å². The summed E-state index contributed by atoms with van der Waals surface area (Å²) in [6, 6.07) is 0. The molecule has 1 aliphatic heterocycles. The van der Waals surface area contributed by atoms with Gasteiger partial charge in [-0.3, -0.25) is 0 Å². The van der Waals surface area contributed by atoms with Gasteiger partial charge in [0.25, 0.3) is 0 Å². The molecule has 2 nitrogen and oxygen atoms in total. The van der Waals surface area contributed by atoms with Crippen molar-refractivity contribution in [3.63, 3.8) is 0 Å². The maximum absolute atomic E-state index is 5.24. The molecule has 1 fully saturated rings. The largest absolute Gasteiger partial charge is 0.368 e. The van der Waals surface area contributed by atoms with Crippen LogP contribution >= 0.6 is 15.9 Å². The van der Waals surface area contributed by atoms with Gasteiger partial charge in [-0.2, -0.15) is 0 Å². The predicted octanol–water partition coefficient (Wildman–Crippen LogP) is 1.27. The lowest BCUT2D eigenvalue weighted by molar-refractivity contribution is -0.545. The molecule has 0 aromatic carbocycles. The van der Waals surface area contributed by atoms with Crippen LogP contribution < -0.4 is 0 Å². The molecule has 64 valence electrons. The Hall–Kier alpha value is 0.110. The second-order valence-corrected chi connectivity index (χ2v) is 3.90. The number of halogens is 1. The van der Waals surface area contributed by atoms with Gasteiger partial charge in [0.2, 0.25) is 0 Å². The lowest BCUT2D eigenvalue weighted by Crippen LogP contribution is -2.30. The third-order valence-electron chi connectivity index (χ3n) is 1.81. The zero-order valence-electron chi connectivity index (χ0n) is 6.92. The van der Waals surface area contributed by atoms with Gasteiger partial charge in [0.1, 0.15) is 13.2 Å². The van der Waals surface area contributed by atoms with Crippen LogP contribution in [0.3, 0.4) is 0 Å². The summed E-state index contributed by atoms with van der Waals surface area (Å²) in [5, 5.41) is 0. The summed E-state index contributed by atoms with van der Waals surface area (Å²) in [6.45, 7) is 6.01. The van der Waals surface area contributed by atoms with E-state index in [-0.39, 0.29) is 0 Å². The lowest BCUT2D eigenvalue weighted by atomic mass is 10.3. The quantitative estimate of drug-likeness (QED) is 0.505. The number of rotatable bonds is 2. The highest BCUT2D eigenvalue weighted by molar-refractivity contribution is 9.09. The van der Waals surface area contributed by atoms with Crippen molar-refractivity contribution in [2.24, 2.45) is 0 Å². The fourth-order valence-corrected chi connectivity index (χ4v) is 1.40. The van der Waals surface area contributed by atoms with Crippen LogP contribution in [0.25, 0.3) is 0 Å². The van der Waals surface area contributed by atoms with E-state index in [4.69, 9.17) is 4.74 Å². The maximum atomic E-state index is 5.24. The number of ether oxygens (including phenoxy) is 1. The van der Waals surface area contributed by atoms with E-state index in [9.17, 15) is 0 Å². The van der Waals surface area contributed by atoms with Crippen LogP contribution in [0.2, 0.25) is 0 Å². The Morgan fingerprint density at radius 3 is 2.73 bits per heavy atom. The van der Waals surface area contributed by atoms with Crippen molar-refractivity contribution in [1.29, 1.82) is 0 Å². The number of morpholine rings is 1. The average Bonchev–Trinajstić information content (AvgIpc) is 2.06. The lowest BCUT2D eigenvalue weighted by Gasteiger charge is -2.11. The van der Waals surface area contributed by atoms with E-state index in [1.54, 1.807) is 0 Å². The van der Waals surface area contributed by atoms with Gasteiger partial charge in [-0.25, -0.2) is 4.58 Å². The summed E-state index contributed by atoms with van der Waals surface area (Å²) >= 11 is 3.57. The minimum atomic E-state index is 0.528. The molecule has 1 unspecified atom stereocenters. The Bertz CT molecular complexity index is 139. The SMILES string of the molecule is CCC(Br)C=[N+]1CCOCC1. The number of alkyl halides is 1. The molecule has 1 saturated heterocycles. The van der Waals surface area contributed by atoms with Crippen LogP contribution in [-0.2, 0) is 4.74 Å². The molecule has 0 aliphatic carbocycles. The van der Waals surface area contributed by atoms with Crippen LogP contribution in [-0.4, -0.2) is 41.9 Å². The summed E-state index contributed by atoms with van der Waals surface area (Å²) < 4.78 is 7.56. The molecule has 0 radical (unpaired) electrons. The third-order valence-corrected chi connectivity index (χ3v) is 2.69. The molecule has 1 atom stereocenters. The van der Waals surface area contributed by atoms with Gasteiger partial charge < -0.3 is 4.74 Å². The maximum Gasteiger partial charge on any atom is 0.165 e. The van der Waals surface area contributed by atoms with E-state index in [1.165, 1.54) is 0 Å². The molecule has 0 amide bonds. The van der Waals surface area contributed by atoms with E-state index in [2.05, 4.69) is 33.6 Å². The van der Waals surface area contributed by atoms with Crippen LogP contribution in [0.1, 0.15) is 13.3 Å². The van der Waals surface area contributed by atoms with Crippen molar-refractivity contribution in [2.45, 2.75) is 18.2 Å². The molecule has 0 saturated carbocycles. The normalized spacial score (nSPS) is 21.5. The van der Waals surface area contributed by atoms with Crippen molar-refractivity contribution in [1.82, 2.24) is 0 Å². The van der Waals surface area contributed by atoms with E-state index in [0.717, 1.165) is 32.7 Å². The smallest absolute Gasteiger partial charge is 0.165 e. The highest BCUT2D eigenvalue weighted by Crippen LogP contribution is 2.01. The fourth-order valence-electron chi connectivity index (χ4n) is 1.06. The molecule has 0 N–H and O–H groups in total. The molecule has 3 heteroatoms. The van der Waals surface area contributed by atoms with Crippen molar-refractivity contribution >= 4 is 22.1 Å². The first kappa shape index (κ1) is 9.20. The van der Waals surface area contributed by atoms with E-state index < -0.39 is 0 Å². The number of hydrogen-bond acceptors (Lipinski definition) is 1. The van der Waals surface area contributed by atoms with Crippen molar-refractivity contribution in [3.8, 4) is 0 Å². The first-order chi connectivity index (χ1) is 5.33. The summed E-state index contributed by atoms with van der Waals surface area (Å²) in [6.07, 6.45) is 3.40. The molecule has 0 spiro atoms. The van der Waals surface area contributed by atoms with Gasteiger partial charge in [0, 0.05) is 0 Å². The molecule has 1 rings (SSSR count). The Balaban J connectivity index is 2.37. The predicted molar refractivity (Wildman–Crippen MR) is 49.9 cm³/mol. The second kappa shape index (κ2) is 4.88. The highest BCUT2D eigenvalue weighted by Gasteiger charge is 2.12. The molecule has 1 aliphatic rings. The van der Waals surface area contributed by atoms with Crippen molar-refractivity contribution in [3.05, 3.63) is 0 Å². The van der Waals surface area contributed by atoms with Gasteiger partial charge in [0.05, 0.1) is 4.83 Å². The Morgan fingerprint density at radius 2 is 2.18 bits per heavy atom. The second-order valence-electron chi connectivity index (χ2n) is 2.72. The summed E-state index contributed by atoms with van der Waals surface area (Å²) in [5.74, 6) is 0. The fraction of sp³-hybridized carbons (Fsp3) is 0.875. The third kappa shape index (κ3) is 3.34. The van der Waals surface area contributed by atoms with Gasteiger partial charge in [-0.05, 0) is 6.42 Å². The summed E-state index contributed by atoms with van der Waals surface area (Å²) in [5.41, 5.74) is 0. The van der Waals surface area contributed by atoms with Crippen LogP contribution in [0, 0.1) is 0 Å². The van der Waals surface area contributed by atoms with Crippen molar-refractivity contribution < 1.29 is 9.31 Å². The number of hydrogen-bond donors (Lipinski definition) is 0. The van der Waals surface area contributed by atoms with Crippen LogP contribution in [0.15, 0.2) is 0 Å². The van der Waals surface area contributed by atoms with E-state index in [0.29, 0.717) is 4.83 Å². The minimum Gasteiger partial charge on any atom is -0.368 e. The zero-order chi connectivity index (χ0) is 8.10. The zero-order valence-corrected chi connectivity index (χ0v) is 8.51. The monoisotopic (exact) mass is 220 g/mol. The Labute approximate surface area is 76.4 Å². The van der Waals surface area contributed by atoms with Crippen molar-refractivity contribution in [2.75, 3.05) is 26.3 Å². The first-order valence-electron chi connectivity index (χ1n) is 4.13. The van der Waals surface area contributed by atoms with Crippen LogP contribution in [0.4, 0.5) is 0 Å².